The van der Waals surface area contributed by atoms with Gasteiger partial charge in [-0.05, 0) is 56.3 Å². The number of rotatable bonds is 12. The second kappa shape index (κ2) is 13.0. The zero-order valence-electron chi connectivity index (χ0n) is 21.2. The highest BCUT2D eigenvalue weighted by Crippen LogP contribution is 2.49. The Labute approximate surface area is 205 Å². The molecule has 0 amide bonds. The highest BCUT2D eigenvalue weighted by Gasteiger charge is 2.51. The molecule has 192 valence electrons. The summed E-state index contributed by atoms with van der Waals surface area (Å²) in [6.07, 6.45) is 20.2. The largest absolute Gasteiger partial charge is 0.478 e. The topological polar surface area (TPSA) is 74.2 Å². The lowest BCUT2D eigenvalue weighted by molar-refractivity contribution is -0.198. The molecule has 2 heterocycles. The normalized spacial score (nSPS) is 28.6. The Morgan fingerprint density at radius 3 is 2.65 bits per heavy atom. The standard InChI is InChI=1S/C28H44O6/c1-4-17-27(2,3)24(34-26-13-9-10-19-31-26)15-14-22-16-18-28(32-20-21-33-28)23(22)11-7-5-6-8-12-25(29)30/h5-6,8,12,14-15,22-24,26H,4,7,9-11,13,16-21H2,1-3H3,(H,29,30)/b6-5?,12-8+,15-14+. The van der Waals surface area contributed by atoms with Gasteiger partial charge in [-0.25, -0.2) is 4.79 Å². The zero-order chi connectivity index (χ0) is 24.4. The van der Waals surface area contributed by atoms with Crippen molar-refractivity contribution in [2.75, 3.05) is 19.8 Å². The molecule has 0 radical (unpaired) electrons. The summed E-state index contributed by atoms with van der Waals surface area (Å²) in [7, 11) is 0. The van der Waals surface area contributed by atoms with Crippen LogP contribution in [0.25, 0.3) is 0 Å². The molecule has 6 nitrogen and oxygen atoms in total. The molecule has 1 aliphatic carbocycles. The van der Waals surface area contributed by atoms with Crippen molar-refractivity contribution in [3.05, 3.63) is 36.5 Å². The van der Waals surface area contributed by atoms with Gasteiger partial charge < -0.3 is 24.1 Å². The quantitative estimate of drug-likeness (QED) is 0.211. The van der Waals surface area contributed by atoms with Crippen LogP contribution in [0.1, 0.15) is 78.6 Å². The van der Waals surface area contributed by atoms with E-state index in [1.165, 1.54) is 0 Å². The van der Waals surface area contributed by atoms with Crippen molar-refractivity contribution in [1.82, 2.24) is 0 Å². The number of carbonyl (C=O) groups is 1. The first-order valence-corrected chi connectivity index (χ1v) is 13.2. The van der Waals surface area contributed by atoms with Gasteiger partial charge in [-0.3, -0.25) is 0 Å². The lowest BCUT2D eigenvalue weighted by atomic mass is 9.80. The highest BCUT2D eigenvalue weighted by atomic mass is 16.7. The Morgan fingerprint density at radius 2 is 1.97 bits per heavy atom. The number of carboxylic acid groups (broad SMARTS) is 1. The number of aliphatic carboxylic acids is 1. The summed E-state index contributed by atoms with van der Waals surface area (Å²) >= 11 is 0. The predicted octanol–water partition coefficient (Wildman–Crippen LogP) is 6.03. The molecule has 3 fully saturated rings. The fourth-order valence-electron chi connectivity index (χ4n) is 5.66. The third kappa shape index (κ3) is 7.51. The predicted molar refractivity (Wildman–Crippen MR) is 132 cm³/mol. The Hall–Kier alpha value is -1.47. The van der Waals surface area contributed by atoms with Gasteiger partial charge in [-0.1, -0.05) is 57.6 Å². The summed E-state index contributed by atoms with van der Waals surface area (Å²) in [6, 6.07) is 0. The minimum absolute atomic E-state index is 0.000725. The van der Waals surface area contributed by atoms with E-state index in [9.17, 15) is 4.79 Å². The van der Waals surface area contributed by atoms with E-state index in [0.29, 0.717) is 19.1 Å². The Bertz CT molecular complexity index is 712. The van der Waals surface area contributed by atoms with Gasteiger partial charge in [0.2, 0.25) is 0 Å². The third-order valence-corrected chi connectivity index (χ3v) is 7.45. The van der Waals surface area contributed by atoms with Gasteiger partial charge in [0.05, 0.1) is 19.3 Å². The van der Waals surface area contributed by atoms with Crippen LogP contribution >= 0.6 is 0 Å². The lowest BCUT2D eigenvalue weighted by Crippen LogP contribution is -2.37. The molecule has 1 N–H and O–H groups in total. The third-order valence-electron chi connectivity index (χ3n) is 7.45. The van der Waals surface area contributed by atoms with Crippen molar-refractivity contribution in [3.63, 3.8) is 0 Å². The highest BCUT2D eigenvalue weighted by molar-refractivity contribution is 5.80. The van der Waals surface area contributed by atoms with E-state index < -0.39 is 11.8 Å². The number of carboxylic acids is 1. The van der Waals surface area contributed by atoms with Crippen molar-refractivity contribution in [1.29, 1.82) is 0 Å². The molecule has 0 aromatic carbocycles. The summed E-state index contributed by atoms with van der Waals surface area (Å²) in [5.74, 6) is -0.794. The molecule has 3 aliphatic rings. The molecule has 4 unspecified atom stereocenters. The minimum Gasteiger partial charge on any atom is -0.478 e. The Kier molecular flexibility index (Phi) is 10.4. The minimum atomic E-state index is -0.932. The molecule has 1 spiro atoms. The average Bonchev–Trinajstić information content (AvgIpc) is 3.41. The van der Waals surface area contributed by atoms with E-state index in [0.717, 1.165) is 70.5 Å². The first-order valence-electron chi connectivity index (χ1n) is 13.2. The smallest absolute Gasteiger partial charge is 0.328 e. The van der Waals surface area contributed by atoms with Crippen LogP contribution in [0.15, 0.2) is 36.5 Å². The molecular weight excluding hydrogens is 432 g/mol. The van der Waals surface area contributed by atoms with Gasteiger partial charge >= 0.3 is 5.97 Å². The fourth-order valence-corrected chi connectivity index (χ4v) is 5.66. The van der Waals surface area contributed by atoms with Crippen molar-refractivity contribution in [2.24, 2.45) is 17.3 Å². The van der Waals surface area contributed by atoms with Gasteiger partial charge in [-0.2, -0.15) is 0 Å². The van der Waals surface area contributed by atoms with E-state index in [1.807, 2.05) is 6.08 Å². The van der Waals surface area contributed by atoms with Gasteiger partial charge in [0.1, 0.15) is 0 Å². The number of ether oxygens (including phenoxy) is 4. The van der Waals surface area contributed by atoms with E-state index in [2.05, 4.69) is 32.9 Å². The van der Waals surface area contributed by atoms with E-state index in [1.54, 1.807) is 12.2 Å². The maximum atomic E-state index is 10.6. The molecule has 1 saturated carbocycles. The van der Waals surface area contributed by atoms with Gasteiger partial charge in [0.15, 0.2) is 12.1 Å². The fraction of sp³-hybridized carbons (Fsp3) is 0.750. The summed E-state index contributed by atoms with van der Waals surface area (Å²) < 4.78 is 24.8. The van der Waals surface area contributed by atoms with Crippen LogP contribution in [0.3, 0.4) is 0 Å². The summed E-state index contributed by atoms with van der Waals surface area (Å²) in [5, 5.41) is 8.74. The van der Waals surface area contributed by atoms with Crippen LogP contribution in [-0.4, -0.2) is 49.1 Å². The Morgan fingerprint density at radius 1 is 1.18 bits per heavy atom. The van der Waals surface area contributed by atoms with Crippen molar-refractivity contribution < 1.29 is 28.8 Å². The van der Waals surface area contributed by atoms with Gasteiger partial charge in [0.25, 0.3) is 0 Å². The first-order chi connectivity index (χ1) is 16.4. The Balaban J connectivity index is 1.70. The monoisotopic (exact) mass is 476 g/mol. The van der Waals surface area contributed by atoms with E-state index in [-0.39, 0.29) is 23.7 Å². The SMILES string of the molecule is CCCC(C)(C)C(/C=C/C1CCC2(OCCO2)C1CCC=C/C=C/C(=O)O)OC1CCCCO1. The summed E-state index contributed by atoms with van der Waals surface area (Å²) in [4.78, 5) is 10.6. The molecular formula is C28H44O6. The second-order valence-electron chi connectivity index (χ2n) is 10.5. The van der Waals surface area contributed by atoms with E-state index in [4.69, 9.17) is 24.1 Å². The molecule has 4 atom stereocenters. The van der Waals surface area contributed by atoms with Crippen molar-refractivity contribution in [2.45, 2.75) is 96.7 Å². The van der Waals surface area contributed by atoms with Crippen LogP contribution in [0.5, 0.6) is 0 Å². The lowest BCUT2D eigenvalue weighted by Gasteiger charge is -2.36. The molecule has 0 aromatic heterocycles. The zero-order valence-corrected chi connectivity index (χ0v) is 21.2. The van der Waals surface area contributed by atoms with Crippen molar-refractivity contribution >= 4 is 5.97 Å². The van der Waals surface area contributed by atoms with Gasteiger partial charge in [-0.15, -0.1) is 0 Å². The average molecular weight is 477 g/mol. The van der Waals surface area contributed by atoms with Crippen LogP contribution in [0.2, 0.25) is 0 Å². The molecule has 6 heteroatoms. The van der Waals surface area contributed by atoms with Crippen LogP contribution in [-0.2, 0) is 23.7 Å². The summed E-state index contributed by atoms with van der Waals surface area (Å²) in [6.45, 7) is 8.90. The number of hydrogen-bond acceptors (Lipinski definition) is 5. The molecule has 2 saturated heterocycles. The summed E-state index contributed by atoms with van der Waals surface area (Å²) in [5.41, 5.74) is 0.0252. The van der Waals surface area contributed by atoms with Gasteiger partial charge in [0, 0.05) is 25.0 Å². The number of allylic oxidation sites excluding steroid dienone is 4. The maximum Gasteiger partial charge on any atom is 0.328 e. The first kappa shape index (κ1) is 27.1. The second-order valence-corrected chi connectivity index (χ2v) is 10.5. The molecule has 0 aromatic rings. The van der Waals surface area contributed by atoms with Crippen LogP contribution in [0, 0.1) is 17.3 Å². The molecule has 34 heavy (non-hydrogen) atoms. The molecule has 2 aliphatic heterocycles. The van der Waals surface area contributed by atoms with Crippen LogP contribution in [0.4, 0.5) is 0 Å². The van der Waals surface area contributed by atoms with Crippen LogP contribution < -0.4 is 0 Å². The van der Waals surface area contributed by atoms with Crippen molar-refractivity contribution in [3.8, 4) is 0 Å². The molecule has 3 rings (SSSR count). The van der Waals surface area contributed by atoms with E-state index >= 15 is 0 Å². The number of hydrogen-bond donors (Lipinski definition) is 1. The molecule has 0 bridgehead atoms. The maximum absolute atomic E-state index is 10.6.